The summed E-state index contributed by atoms with van der Waals surface area (Å²) in [5.74, 6) is 0.534. The van der Waals surface area contributed by atoms with E-state index in [1.165, 1.54) is 0 Å². The van der Waals surface area contributed by atoms with Gasteiger partial charge in [-0.3, -0.25) is 9.78 Å². The Bertz CT molecular complexity index is 1340. The fourth-order valence-electron chi connectivity index (χ4n) is 5.40. The minimum absolute atomic E-state index is 0.120. The number of nitrogens with zero attached hydrogens (tertiary/aromatic N) is 2. The van der Waals surface area contributed by atoms with Crippen molar-refractivity contribution in [1.29, 1.82) is 0 Å². The molecule has 1 amide bonds. The third-order valence-electron chi connectivity index (χ3n) is 7.91. The first-order chi connectivity index (χ1) is 18.4. The number of pyridine rings is 1. The number of likely N-dealkylation sites (tertiary alicyclic amines) is 1. The summed E-state index contributed by atoms with van der Waals surface area (Å²) in [5.41, 5.74) is 4.92. The molecule has 0 radical (unpaired) electrons. The number of hydrogen-bond acceptors (Lipinski definition) is 5. The quantitative estimate of drug-likeness (QED) is 0.235. The van der Waals surface area contributed by atoms with Crippen molar-refractivity contribution in [3.63, 3.8) is 0 Å². The van der Waals surface area contributed by atoms with Crippen LogP contribution in [-0.2, 0) is 11.2 Å². The monoisotopic (exact) mass is 511 g/mol. The summed E-state index contributed by atoms with van der Waals surface area (Å²) >= 11 is 0. The van der Waals surface area contributed by atoms with Crippen LogP contribution in [0.3, 0.4) is 0 Å². The second kappa shape index (κ2) is 11.3. The summed E-state index contributed by atoms with van der Waals surface area (Å²) in [6.45, 7) is 5.83. The van der Waals surface area contributed by atoms with Gasteiger partial charge in [0.2, 0.25) is 5.91 Å². The minimum atomic E-state index is -0.393. The summed E-state index contributed by atoms with van der Waals surface area (Å²) in [6, 6.07) is 19.7. The highest BCUT2D eigenvalue weighted by molar-refractivity contribution is 5.88. The summed E-state index contributed by atoms with van der Waals surface area (Å²) < 4.78 is 0. The highest BCUT2D eigenvalue weighted by Crippen LogP contribution is 2.35. The lowest BCUT2D eigenvalue weighted by Gasteiger charge is -2.40. The van der Waals surface area contributed by atoms with Gasteiger partial charge in [-0.2, -0.15) is 0 Å². The standard InChI is InChI=1S/C31H37N5O2/c1-31(2,21-37)23-13-17-36(18-14-23)30(38)29(19-22-20-33-28-6-4-3-5-27(22)28)35-25-9-7-24(8-10-25)34-26-11-15-32-16-12-26/h3-12,15-16,20,23,29,33,35,37H,13-14,17-19,21H2,1-2H3,(H,32,34)/t29-/m1/s1. The van der Waals surface area contributed by atoms with Crippen LogP contribution in [0.4, 0.5) is 17.1 Å². The Hall–Kier alpha value is -3.84. The van der Waals surface area contributed by atoms with Gasteiger partial charge >= 0.3 is 0 Å². The van der Waals surface area contributed by atoms with Crippen LogP contribution in [0.2, 0.25) is 0 Å². The Morgan fingerprint density at radius 1 is 1.03 bits per heavy atom. The third-order valence-corrected chi connectivity index (χ3v) is 7.91. The first kappa shape index (κ1) is 25.8. The zero-order chi connectivity index (χ0) is 26.5. The number of amides is 1. The van der Waals surface area contributed by atoms with Gasteiger partial charge in [-0.1, -0.05) is 32.0 Å². The number of nitrogens with one attached hydrogen (secondary N) is 3. The van der Waals surface area contributed by atoms with Gasteiger partial charge in [0.25, 0.3) is 0 Å². The van der Waals surface area contributed by atoms with Crippen LogP contribution in [0.15, 0.2) is 79.3 Å². The molecular formula is C31H37N5O2. The molecule has 3 heterocycles. The van der Waals surface area contributed by atoms with Gasteiger partial charge in [0.1, 0.15) is 6.04 Å². The van der Waals surface area contributed by atoms with Crippen molar-refractivity contribution in [1.82, 2.24) is 14.9 Å². The fraction of sp³-hybridized carbons (Fsp3) is 0.355. The maximum atomic E-state index is 13.9. The van der Waals surface area contributed by atoms with Crippen molar-refractivity contribution in [3.05, 3.63) is 84.8 Å². The second-order valence-electron chi connectivity index (χ2n) is 10.9. The molecule has 0 spiro atoms. The zero-order valence-electron chi connectivity index (χ0n) is 22.2. The van der Waals surface area contributed by atoms with Crippen molar-refractivity contribution in [2.45, 2.75) is 39.2 Å². The third kappa shape index (κ3) is 5.83. The van der Waals surface area contributed by atoms with Crippen LogP contribution in [0, 0.1) is 11.3 Å². The number of fused-ring (bicyclic) bond motifs is 1. The number of anilines is 3. The molecule has 1 atom stereocenters. The highest BCUT2D eigenvalue weighted by Gasteiger charge is 2.35. The summed E-state index contributed by atoms with van der Waals surface area (Å²) in [7, 11) is 0. The van der Waals surface area contributed by atoms with Crippen molar-refractivity contribution in [2.75, 3.05) is 30.3 Å². The number of carbonyl (C=O) groups excluding carboxylic acids is 1. The molecule has 0 saturated carbocycles. The van der Waals surface area contributed by atoms with Crippen LogP contribution >= 0.6 is 0 Å². The Morgan fingerprint density at radius 3 is 2.39 bits per heavy atom. The molecule has 38 heavy (non-hydrogen) atoms. The number of hydrogen-bond donors (Lipinski definition) is 4. The first-order valence-corrected chi connectivity index (χ1v) is 13.4. The average molecular weight is 512 g/mol. The van der Waals surface area contributed by atoms with E-state index < -0.39 is 6.04 Å². The molecule has 1 aliphatic rings. The topological polar surface area (TPSA) is 93.3 Å². The molecule has 0 bridgehead atoms. The van der Waals surface area contributed by atoms with Gasteiger partial charge in [0, 0.05) is 72.7 Å². The predicted molar refractivity (Wildman–Crippen MR) is 154 cm³/mol. The van der Waals surface area contributed by atoms with E-state index in [2.05, 4.69) is 46.6 Å². The molecule has 7 heteroatoms. The molecule has 5 rings (SSSR count). The zero-order valence-corrected chi connectivity index (χ0v) is 22.2. The minimum Gasteiger partial charge on any atom is -0.396 e. The number of piperidine rings is 1. The molecule has 0 aliphatic carbocycles. The number of aliphatic hydroxyl groups excluding tert-OH is 1. The SMILES string of the molecule is CC(C)(CO)C1CCN(C(=O)[C@@H](Cc2c[nH]c3ccccc23)Nc2ccc(Nc3ccncc3)cc2)CC1. The van der Waals surface area contributed by atoms with E-state index >= 15 is 0 Å². The van der Waals surface area contributed by atoms with Crippen molar-refractivity contribution in [3.8, 4) is 0 Å². The smallest absolute Gasteiger partial charge is 0.245 e. The lowest BCUT2D eigenvalue weighted by Crippen LogP contribution is -2.49. The van der Waals surface area contributed by atoms with E-state index in [1.807, 2.05) is 59.6 Å². The van der Waals surface area contributed by atoms with Gasteiger partial charge in [-0.15, -0.1) is 0 Å². The molecule has 7 nitrogen and oxygen atoms in total. The molecule has 4 aromatic rings. The maximum absolute atomic E-state index is 13.9. The van der Waals surface area contributed by atoms with Gasteiger partial charge in [0.15, 0.2) is 0 Å². The molecule has 1 aliphatic heterocycles. The molecule has 4 N–H and O–H groups in total. The van der Waals surface area contributed by atoms with E-state index in [0.717, 1.165) is 46.4 Å². The second-order valence-corrected chi connectivity index (χ2v) is 10.9. The number of benzene rings is 2. The van der Waals surface area contributed by atoms with Crippen LogP contribution in [-0.4, -0.2) is 51.6 Å². The van der Waals surface area contributed by atoms with Crippen molar-refractivity contribution in [2.24, 2.45) is 11.3 Å². The van der Waals surface area contributed by atoms with Gasteiger partial charge < -0.3 is 25.6 Å². The van der Waals surface area contributed by atoms with E-state index in [1.54, 1.807) is 12.4 Å². The largest absolute Gasteiger partial charge is 0.396 e. The molecular weight excluding hydrogens is 474 g/mol. The van der Waals surface area contributed by atoms with E-state index in [0.29, 0.717) is 25.4 Å². The number of carbonyl (C=O) groups is 1. The van der Waals surface area contributed by atoms with E-state index in [4.69, 9.17) is 0 Å². The van der Waals surface area contributed by atoms with E-state index in [9.17, 15) is 9.90 Å². The Morgan fingerprint density at radius 2 is 1.68 bits per heavy atom. The van der Waals surface area contributed by atoms with Gasteiger partial charge in [-0.25, -0.2) is 0 Å². The van der Waals surface area contributed by atoms with Crippen LogP contribution < -0.4 is 10.6 Å². The van der Waals surface area contributed by atoms with Gasteiger partial charge in [-0.05, 0) is 72.2 Å². The normalized spacial score (nSPS) is 15.4. The number of rotatable bonds is 9. The van der Waals surface area contributed by atoms with Crippen molar-refractivity contribution >= 4 is 33.9 Å². The number of aromatic nitrogens is 2. The first-order valence-electron chi connectivity index (χ1n) is 13.4. The fourth-order valence-corrected chi connectivity index (χ4v) is 5.40. The Balaban J connectivity index is 1.33. The van der Waals surface area contributed by atoms with Crippen LogP contribution in [0.25, 0.3) is 10.9 Å². The summed E-state index contributed by atoms with van der Waals surface area (Å²) in [6.07, 6.45) is 7.94. The average Bonchev–Trinajstić information content (AvgIpc) is 3.36. The van der Waals surface area contributed by atoms with Gasteiger partial charge in [0.05, 0.1) is 0 Å². The lowest BCUT2D eigenvalue weighted by molar-refractivity contribution is -0.134. The molecule has 198 valence electrons. The Labute approximate surface area is 224 Å². The molecule has 0 unspecified atom stereocenters. The predicted octanol–water partition coefficient (Wildman–Crippen LogP) is 5.59. The highest BCUT2D eigenvalue weighted by atomic mass is 16.3. The molecule has 1 saturated heterocycles. The lowest BCUT2D eigenvalue weighted by atomic mass is 9.74. The molecule has 2 aromatic carbocycles. The summed E-state index contributed by atoms with van der Waals surface area (Å²) in [4.78, 5) is 23.3. The van der Waals surface area contributed by atoms with Crippen LogP contribution in [0.5, 0.6) is 0 Å². The maximum Gasteiger partial charge on any atom is 0.245 e. The summed E-state index contributed by atoms with van der Waals surface area (Å²) in [5, 5.41) is 17.9. The Kier molecular flexibility index (Phi) is 7.65. The number of para-hydroxylation sites is 1. The number of aliphatic hydroxyl groups is 1. The van der Waals surface area contributed by atoms with Crippen LogP contribution in [0.1, 0.15) is 32.3 Å². The number of H-pyrrole nitrogens is 1. The number of aromatic amines is 1. The molecule has 2 aromatic heterocycles. The van der Waals surface area contributed by atoms with Crippen molar-refractivity contribution < 1.29 is 9.90 Å². The van der Waals surface area contributed by atoms with E-state index in [-0.39, 0.29) is 17.9 Å². The molecule has 1 fully saturated rings.